The zero-order valence-corrected chi connectivity index (χ0v) is 20.5. The number of aliphatic hydroxyl groups is 2. The lowest BCUT2D eigenvalue weighted by Gasteiger charge is -2.06. The molecular formula is C24H48O8. The fourth-order valence-electron chi connectivity index (χ4n) is 2.65. The average molecular weight is 465 g/mol. The second-order valence-electron chi connectivity index (χ2n) is 7.44. The van der Waals surface area contributed by atoms with E-state index in [1.54, 1.807) is 0 Å². The molecular weight excluding hydrogens is 416 g/mol. The molecule has 0 heterocycles. The van der Waals surface area contributed by atoms with Gasteiger partial charge in [0.15, 0.2) is 0 Å². The summed E-state index contributed by atoms with van der Waals surface area (Å²) in [5.74, 6) is -0.376. The van der Waals surface area contributed by atoms with Crippen molar-refractivity contribution in [1.82, 2.24) is 0 Å². The normalized spacial score (nSPS) is 10.4. The molecule has 0 aromatic rings. The quantitative estimate of drug-likeness (QED) is 0.184. The lowest BCUT2D eigenvalue weighted by Crippen LogP contribution is -2.13. The molecule has 0 atom stereocenters. The molecule has 0 fully saturated rings. The van der Waals surface area contributed by atoms with Crippen LogP contribution in [-0.4, -0.2) is 75.0 Å². The lowest BCUT2D eigenvalue weighted by atomic mass is 10.1. The summed E-state index contributed by atoms with van der Waals surface area (Å²) >= 11 is 0. The maximum absolute atomic E-state index is 11.4. The number of carbonyl (C=O) groups excluding carboxylic acids is 2. The Balaban J connectivity index is 0. The molecule has 0 rings (SSSR count). The van der Waals surface area contributed by atoms with Gasteiger partial charge >= 0.3 is 11.9 Å². The van der Waals surface area contributed by atoms with E-state index in [9.17, 15) is 9.59 Å². The van der Waals surface area contributed by atoms with E-state index in [1.165, 1.54) is 38.5 Å². The molecule has 0 amide bonds. The number of rotatable bonds is 22. The Morgan fingerprint density at radius 2 is 0.906 bits per heavy atom. The molecule has 32 heavy (non-hydrogen) atoms. The minimum absolute atomic E-state index is 0.0417. The Kier molecular flexibility index (Phi) is 30.7. The summed E-state index contributed by atoms with van der Waals surface area (Å²) in [6, 6.07) is 0. The van der Waals surface area contributed by atoms with Crippen molar-refractivity contribution in [2.75, 3.05) is 52.9 Å². The Hall–Kier alpha value is -1.22. The van der Waals surface area contributed by atoms with Crippen LogP contribution < -0.4 is 0 Å². The van der Waals surface area contributed by atoms with Gasteiger partial charge in [-0.05, 0) is 12.8 Å². The van der Waals surface area contributed by atoms with Gasteiger partial charge in [0.25, 0.3) is 0 Å². The standard InChI is InChI=1S/C18H34O4.C6H14O4/c1-3-5-7-9-11-13-17(19)21-15-16-22-18(20)14-12-10-8-6-4-2;7-1-3-9-5-6-10-4-2-8/h3-16H2,1-2H3;7-8H,1-6H2. The minimum Gasteiger partial charge on any atom is -0.462 e. The molecule has 0 saturated heterocycles. The van der Waals surface area contributed by atoms with Crippen LogP contribution in [0.5, 0.6) is 0 Å². The molecule has 0 aromatic heterocycles. The van der Waals surface area contributed by atoms with Crippen LogP contribution >= 0.6 is 0 Å². The number of aliphatic hydroxyl groups excluding tert-OH is 2. The van der Waals surface area contributed by atoms with E-state index in [2.05, 4.69) is 13.8 Å². The van der Waals surface area contributed by atoms with Crippen molar-refractivity contribution in [3.05, 3.63) is 0 Å². The highest BCUT2D eigenvalue weighted by atomic mass is 16.6. The van der Waals surface area contributed by atoms with Crippen molar-refractivity contribution < 1.29 is 38.7 Å². The van der Waals surface area contributed by atoms with Crippen LogP contribution in [0.25, 0.3) is 0 Å². The number of carbonyl (C=O) groups is 2. The van der Waals surface area contributed by atoms with Crippen molar-refractivity contribution in [3.8, 4) is 0 Å². The van der Waals surface area contributed by atoms with E-state index in [0.717, 1.165) is 25.7 Å². The van der Waals surface area contributed by atoms with Gasteiger partial charge in [0.1, 0.15) is 13.2 Å². The van der Waals surface area contributed by atoms with Gasteiger partial charge in [0, 0.05) is 12.8 Å². The summed E-state index contributed by atoms with van der Waals surface area (Å²) < 4.78 is 19.8. The Labute approximate surface area is 195 Å². The molecule has 0 aliphatic rings. The Morgan fingerprint density at radius 3 is 1.25 bits per heavy atom. The molecule has 0 unspecified atom stereocenters. The predicted octanol–water partition coefficient (Wildman–Crippen LogP) is 3.80. The fourth-order valence-corrected chi connectivity index (χ4v) is 2.65. The maximum atomic E-state index is 11.4. The number of hydrogen-bond donors (Lipinski definition) is 2. The van der Waals surface area contributed by atoms with Gasteiger partial charge in [-0.1, -0.05) is 65.2 Å². The van der Waals surface area contributed by atoms with E-state index in [1.807, 2.05) is 0 Å². The smallest absolute Gasteiger partial charge is 0.305 e. The van der Waals surface area contributed by atoms with E-state index < -0.39 is 0 Å². The number of hydrogen-bond acceptors (Lipinski definition) is 8. The third-order valence-corrected chi connectivity index (χ3v) is 4.42. The summed E-state index contributed by atoms with van der Waals surface area (Å²) in [6.45, 7) is 6.42. The Bertz CT molecular complexity index is 354. The van der Waals surface area contributed by atoms with Crippen LogP contribution in [0, 0.1) is 0 Å². The van der Waals surface area contributed by atoms with E-state index in [0.29, 0.717) is 39.3 Å². The van der Waals surface area contributed by atoms with Crippen molar-refractivity contribution in [1.29, 1.82) is 0 Å². The van der Waals surface area contributed by atoms with Crippen molar-refractivity contribution >= 4 is 11.9 Å². The molecule has 8 nitrogen and oxygen atoms in total. The molecule has 2 N–H and O–H groups in total. The predicted molar refractivity (Wildman–Crippen MR) is 124 cm³/mol. The van der Waals surface area contributed by atoms with Crippen LogP contribution in [0.3, 0.4) is 0 Å². The lowest BCUT2D eigenvalue weighted by molar-refractivity contribution is -0.152. The summed E-state index contributed by atoms with van der Waals surface area (Å²) in [5, 5.41) is 16.5. The minimum atomic E-state index is -0.188. The zero-order chi connectivity index (χ0) is 24.1. The molecule has 0 aromatic carbocycles. The molecule has 0 aliphatic carbocycles. The number of unbranched alkanes of at least 4 members (excludes halogenated alkanes) is 8. The first-order valence-corrected chi connectivity index (χ1v) is 12.3. The molecule has 192 valence electrons. The topological polar surface area (TPSA) is 112 Å². The van der Waals surface area contributed by atoms with Crippen molar-refractivity contribution in [2.24, 2.45) is 0 Å². The largest absolute Gasteiger partial charge is 0.462 e. The van der Waals surface area contributed by atoms with Crippen LogP contribution in [0.2, 0.25) is 0 Å². The summed E-state index contributed by atoms with van der Waals surface area (Å²) in [5.41, 5.74) is 0. The monoisotopic (exact) mass is 464 g/mol. The van der Waals surface area contributed by atoms with Gasteiger partial charge in [0.2, 0.25) is 0 Å². The zero-order valence-electron chi connectivity index (χ0n) is 20.5. The van der Waals surface area contributed by atoms with Gasteiger partial charge in [-0.25, -0.2) is 0 Å². The van der Waals surface area contributed by atoms with E-state index in [4.69, 9.17) is 29.2 Å². The van der Waals surface area contributed by atoms with Crippen LogP contribution in [0.1, 0.15) is 90.9 Å². The number of ether oxygens (including phenoxy) is 4. The second kappa shape index (κ2) is 29.8. The third kappa shape index (κ3) is 31.0. The molecule has 0 saturated carbocycles. The number of esters is 2. The maximum Gasteiger partial charge on any atom is 0.305 e. The Morgan fingerprint density at radius 1 is 0.531 bits per heavy atom. The van der Waals surface area contributed by atoms with Gasteiger partial charge in [-0.2, -0.15) is 0 Å². The average Bonchev–Trinajstić information content (AvgIpc) is 2.79. The molecule has 8 heteroatoms. The highest BCUT2D eigenvalue weighted by molar-refractivity contribution is 5.70. The highest BCUT2D eigenvalue weighted by Gasteiger charge is 2.05. The van der Waals surface area contributed by atoms with Gasteiger partial charge < -0.3 is 29.2 Å². The first-order valence-electron chi connectivity index (χ1n) is 12.3. The van der Waals surface area contributed by atoms with Crippen LogP contribution in [-0.2, 0) is 28.5 Å². The van der Waals surface area contributed by atoms with Gasteiger partial charge in [-0.3, -0.25) is 9.59 Å². The van der Waals surface area contributed by atoms with Crippen molar-refractivity contribution in [2.45, 2.75) is 90.9 Å². The first-order chi connectivity index (χ1) is 15.6. The fraction of sp³-hybridized carbons (Fsp3) is 0.917. The van der Waals surface area contributed by atoms with Gasteiger partial charge in [-0.15, -0.1) is 0 Å². The van der Waals surface area contributed by atoms with Gasteiger partial charge in [0.05, 0.1) is 39.6 Å². The first kappa shape index (κ1) is 33.0. The molecule has 0 bridgehead atoms. The third-order valence-electron chi connectivity index (χ3n) is 4.42. The molecule has 0 spiro atoms. The van der Waals surface area contributed by atoms with E-state index in [-0.39, 0.29) is 38.4 Å². The highest BCUT2D eigenvalue weighted by Crippen LogP contribution is 2.07. The van der Waals surface area contributed by atoms with Crippen LogP contribution in [0.4, 0.5) is 0 Å². The summed E-state index contributed by atoms with van der Waals surface area (Å²) in [4.78, 5) is 22.9. The summed E-state index contributed by atoms with van der Waals surface area (Å²) in [6.07, 6.45) is 12.1. The molecule has 0 radical (unpaired) electrons. The van der Waals surface area contributed by atoms with E-state index >= 15 is 0 Å². The van der Waals surface area contributed by atoms with Crippen LogP contribution in [0.15, 0.2) is 0 Å². The second-order valence-corrected chi connectivity index (χ2v) is 7.44. The molecule has 0 aliphatic heterocycles. The SMILES string of the molecule is CCCCCCCC(=O)OCCOC(=O)CCCCCCC.OCCOCCOCCO. The summed E-state index contributed by atoms with van der Waals surface area (Å²) in [7, 11) is 0. The van der Waals surface area contributed by atoms with Crippen molar-refractivity contribution in [3.63, 3.8) is 0 Å².